The van der Waals surface area contributed by atoms with E-state index in [1.807, 2.05) is 26.0 Å². The molecule has 0 radical (unpaired) electrons. The van der Waals surface area contributed by atoms with Crippen LogP contribution in [0, 0.1) is 0 Å². The first-order valence-corrected chi connectivity index (χ1v) is 13.0. The molecular formula is C26H31N2O3P. The van der Waals surface area contributed by atoms with E-state index < -0.39 is 7.60 Å². The summed E-state index contributed by atoms with van der Waals surface area (Å²) >= 11 is 0. The molecule has 0 saturated carbocycles. The summed E-state index contributed by atoms with van der Waals surface area (Å²) in [5, 5.41) is 1.18. The van der Waals surface area contributed by atoms with Crippen molar-refractivity contribution < 1.29 is 13.6 Å². The van der Waals surface area contributed by atoms with Gasteiger partial charge in [-0.1, -0.05) is 56.3 Å². The Morgan fingerprint density at radius 2 is 1.53 bits per heavy atom. The van der Waals surface area contributed by atoms with Crippen LogP contribution in [0.4, 0.5) is 0 Å². The molecule has 0 unspecified atom stereocenters. The third kappa shape index (κ3) is 4.66. The van der Waals surface area contributed by atoms with Crippen molar-refractivity contribution in [3.8, 4) is 0 Å². The molecule has 2 heterocycles. The van der Waals surface area contributed by atoms with Gasteiger partial charge >= 0.3 is 7.60 Å². The first kappa shape index (κ1) is 22.7. The number of hydrogen-bond acceptors (Lipinski definition) is 4. The van der Waals surface area contributed by atoms with E-state index in [-0.39, 0.29) is 6.16 Å². The number of rotatable bonds is 9. The van der Waals surface area contributed by atoms with E-state index in [1.165, 1.54) is 16.5 Å². The van der Waals surface area contributed by atoms with Gasteiger partial charge in [0.25, 0.3) is 0 Å². The topological polar surface area (TPSA) is 53.4 Å². The van der Waals surface area contributed by atoms with E-state index in [1.54, 1.807) is 0 Å². The molecule has 0 saturated heterocycles. The second-order valence-corrected chi connectivity index (χ2v) is 10.3. The fourth-order valence-corrected chi connectivity index (χ4v) is 5.79. The maximum atomic E-state index is 12.8. The minimum absolute atomic E-state index is 0.284. The standard InChI is InChI=1S/C26H31N2O3P/c1-5-30-32(29,31-6-2)18-21-13-11-20(12-14-21)17-28-24-10-8-7-9-22(24)26-25(28)16-15-23(27-26)19(3)4/h7-16,19H,5-6,17-18H2,1-4H3. The number of nitrogens with zero attached hydrogens (tertiary/aromatic N) is 2. The minimum Gasteiger partial charge on any atom is -0.335 e. The summed E-state index contributed by atoms with van der Waals surface area (Å²) in [6.07, 6.45) is 0.284. The van der Waals surface area contributed by atoms with Gasteiger partial charge in [-0.25, -0.2) is 0 Å². The summed E-state index contributed by atoms with van der Waals surface area (Å²) in [4.78, 5) is 4.97. The summed E-state index contributed by atoms with van der Waals surface area (Å²) < 4.78 is 26.0. The zero-order valence-electron chi connectivity index (χ0n) is 19.2. The number of aromatic nitrogens is 2. The molecular weight excluding hydrogens is 419 g/mol. The van der Waals surface area contributed by atoms with Crippen LogP contribution in [-0.2, 0) is 26.3 Å². The molecule has 5 nitrogen and oxygen atoms in total. The van der Waals surface area contributed by atoms with Crippen molar-refractivity contribution in [1.29, 1.82) is 0 Å². The predicted octanol–water partition coefficient (Wildman–Crippen LogP) is 7.13. The van der Waals surface area contributed by atoms with Gasteiger partial charge in [0.2, 0.25) is 0 Å². The molecule has 4 rings (SSSR count). The molecule has 0 aliphatic rings. The maximum Gasteiger partial charge on any atom is 0.335 e. The van der Waals surface area contributed by atoms with Crippen LogP contribution >= 0.6 is 7.60 Å². The first-order valence-electron chi connectivity index (χ1n) is 11.3. The number of hydrogen-bond donors (Lipinski definition) is 0. The highest BCUT2D eigenvalue weighted by atomic mass is 31.2. The highest BCUT2D eigenvalue weighted by molar-refractivity contribution is 7.53. The van der Waals surface area contributed by atoms with Crippen LogP contribution in [-0.4, -0.2) is 22.8 Å². The Kier molecular flexibility index (Phi) is 6.80. The first-order chi connectivity index (χ1) is 15.4. The molecule has 4 aromatic rings. The van der Waals surface area contributed by atoms with Gasteiger partial charge in [-0.05, 0) is 49.1 Å². The highest BCUT2D eigenvalue weighted by Crippen LogP contribution is 2.51. The molecule has 0 aliphatic carbocycles. The van der Waals surface area contributed by atoms with Gasteiger partial charge in [-0.3, -0.25) is 9.55 Å². The monoisotopic (exact) mass is 450 g/mol. The van der Waals surface area contributed by atoms with Crippen molar-refractivity contribution in [2.75, 3.05) is 13.2 Å². The summed E-state index contributed by atoms with van der Waals surface area (Å²) in [6.45, 7) is 9.49. The second-order valence-electron chi connectivity index (χ2n) is 8.28. The van der Waals surface area contributed by atoms with Crippen molar-refractivity contribution in [3.05, 3.63) is 77.5 Å². The zero-order chi connectivity index (χ0) is 22.7. The van der Waals surface area contributed by atoms with Crippen LogP contribution in [0.3, 0.4) is 0 Å². The van der Waals surface area contributed by atoms with E-state index >= 15 is 0 Å². The SMILES string of the molecule is CCOP(=O)(Cc1ccc(Cn2c3ccccc3c3nc(C(C)C)ccc32)cc1)OCC. The summed E-state index contributed by atoms with van der Waals surface area (Å²) in [7, 11) is -3.10. The average molecular weight is 451 g/mol. The third-order valence-corrected chi connectivity index (χ3v) is 7.67. The van der Waals surface area contributed by atoms with Gasteiger partial charge in [0.15, 0.2) is 0 Å². The number of pyridine rings is 1. The lowest BCUT2D eigenvalue weighted by molar-refractivity contribution is 0.219. The van der Waals surface area contributed by atoms with E-state index in [0.717, 1.165) is 28.8 Å². The Hall–Kier alpha value is -2.46. The van der Waals surface area contributed by atoms with Crippen LogP contribution in [0.1, 0.15) is 50.4 Å². The largest absolute Gasteiger partial charge is 0.335 e. The van der Waals surface area contributed by atoms with Crippen molar-refractivity contribution in [1.82, 2.24) is 9.55 Å². The van der Waals surface area contributed by atoms with Crippen LogP contribution in [0.25, 0.3) is 21.9 Å². The Morgan fingerprint density at radius 1 is 0.875 bits per heavy atom. The molecule has 6 heteroatoms. The molecule has 0 amide bonds. The van der Waals surface area contributed by atoms with Gasteiger partial charge in [-0.2, -0.15) is 0 Å². The van der Waals surface area contributed by atoms with Gasteiger partial charge < -0.3 is 13.6 Å². The number of benzene rings is 2. The van der Waals surface area contributed by atoms with Crippen LogP contribution in [0.15, 0.2) is 60.7 Å². The van der Waals surface area contributed by atoms with Crippen LogP contribution < -0.4 is 0 Å². The van der Waals surface area contributed by atoms with Crippen LogP contribution in [0.5, 0.6) is 0 Å². The Morgan fingerprint density at radius 3 is 2.19 bits per heavy atom. The molecule has 0 N–H and O–H groups in total. The molecule has 2 aromatic heterocycles. The smallest absolute Gasteiger partial charge is 0.335 e. The Bertz CT molecular complexity index is 1250. The maximum absolute atomic E-state index is 12.8. The second kappa shape index (κ2) is 9.58. The number of fused-ring (bicyclic) bond motifs is 3. The van der Waals surface area contributed by atoms with Gasteiger partial charge in [0.1, 0.15) is 0 Å². The summed E-state index contributed by atoms with van der Waals surface area (Å²) in [6, 6.07) is 21.0. The zero-order valence-corrected chi connectivity index (χ0v) is 20.1. The van der Waals surface area contributed by atoms with Crippen LogP contribution in [0.2, 0.25) is 0 Å². The highest BCUT2D eigenvalue weighted by Gasteiger charge is 2.24. The number of para-hydroxylation sites is 1. The van der Waals surface area contributed by atoms with Crippen molar-refractivity contribution in [2.24, 2.45) is 0 Å². The molecule has 2 aromatic carbocycles. The van der Waals surface area contributed by atoms with Gasteiger partial charge in [-0.15, -0.1) is 0 Å². The normalized spacial score (nSPS) is 12.3. The Labute approximate surface area is 189 Å². The molecule has 0 fully saturated rings. The van der Waals surface area contributed by atoms with Crippen molar-refractivity contribution in [2.45, 2.75) is 46.3 Å². The fourth-order valence-electron chi connectivity index (χ4n) is 4.09. The van der Waals surface area contributed by atoms with Gasteiger partial charge in [0, 0.05) is 17.6 Å². The van der Waals surface area contributed by atoms with E-state index in [0.29, 0.717) is 19.1 Å². The fraction of sp³-hybridized carbons (Fsp3) is 0.346. The molecule has 168 valence electrons. The third-order valence-electron chi connectivity index (χ3n) is 5.62. The lowest BCUT2D eigenvalue weighted by Crippen LogP contribution is -2.01. The van der Waals surface area contributed by atoms with Crippen molar-refractivity contribution >= 4 is 29.5 Å². The lowest BCUT2D eigenvalue weighted by Gasteiger charge is -2.17. The average Bonchev–Trinajstić information content (AvgIpc) is 3.08. The van der Waals surface area contributed by atoms with E-state index in [4.69, 9.17) is 14.0 Å². The van der Waals surface area contributed by atoms with E-state index in [2.05, 4.69) is 66.9 Å². The Balaban J connectivity index is 1.65. The molecule has 0 bridgehead atoms. The van der Waals surface area contributed by atoms with E-state index in [9.17, 15) is 4.57 Å². The lowest BCUT2D eigenvalue weighted by atomic mass is 10.1. The molecule has 0 spiro atoms. The minimum atomic E-state index is -3.10. The molecule has 0 aliphatic heterocycles. The molecule has 32 heavy (non-hydrogen) atoms. The quantitative estimate of drug-likeness (QED) is 0.255. The summed E-state index contributed by atoms with van der Waals surface area (Å²) in [5.41, 5.74) is 6.60. The molecule has 0 atom stereocenters. The van der Waals surface area contributed by atoms with Crippen molar-refractivity contribution in [3.63, 3.8) is 0 Å². The predicted molar refractivity (Wildman–Crippen MR) is 131 cm³/mol. The van der Waals surface area contributed by atoms with Gasteiger partial charge in [0.05, 0.1) is 35.9 Å². The summed E-state index contributed by atoms with van der Waals surface area (Å²) in [5.74, 6) is 0.387.